The van der Waals surface area contributed by atoms with Crippen molar-refractivity contribution in [2.45, 2.75) is 6.92 Å². The number of fused-ring (bicyclic) bond motifs is 3. The monoisotopic (exact) mass is 377 g/mol. The Morgan fingerprint density at radius 3 is 2.17 bits per heavy atom. The Morgan fingerprint density at radius 2 is 1.48 bits per heavy atom. The fraction of sp³-hybridized carbons (Fsp3) is 0.0385. The Kier molecular flexibility index (Phi) is 4.14. The first-order valence-electron chi connectivity index (χ1n) is 9.58. The van der Waals surface area contributed by atoms with Crippen LogP contribution in [0.15, 0.2) is 97.2 Å². The number of carbonyl (C=O) groups excluding carboxylic acids is 1. The van der Waals surface area contributed by atoms with Crippen LogP contribution in [0.3, 0.4) is 0 Å². The summed E-state index contributed by atoms with van der Waals surface area (Å²) < 4.78 is 7.97. The summed E-state index contributed by atoms with van der Waals surface area (Å²) in [5.41, 5.74) is 5.98. The molecule has 0 aliphatic carbocycles. The molecule has 0 saturated heterocycles. The Morgan fingerprint density at radius 1 is 0.793 bits per heavy atom. The summed E-state index contributed by atoms with van der Waals surface area (Å²) in [4.78, 5) is 12.1. The first kappa shape index (κ1) is 17.3. The van der Waals surface area contributed by atoms with Crippen molar-refractivity contribution in [1.29, 1.82) is 0 Å². The number of hydrogen-bond donors (Lipinski definition) is 0. The molecule has 5 aromatic rings. The SMILES string of the molecule is CC(=O)Oc1c(-c2ccccc2)c(-c2ccccc2)cc2ccc3cccn3c12. The van der Waals surface area contributed by atoms with E-state index in [9.17, 15) is 4.79 Å². The zero-order chi connectivity index (χ0) is 19.8. The summed E-state index contributed by atoms with van der Waals surface area (Å²) in [7, 11) is 0. The second-order valence-corrected chi connectivity index (χ2v) is 7.03. The van der Waals surface area contributed by atoms with E-state index in [2.05, 4.69) is 46.9 Å². The van der Waals surface area contributed by atoms with Crippen LogP contribution in [-0.4, -0.2) is 10.4 Å². The lowest BCUT2D eigenvalue weighted by Gasteiger charge is -2.19. The normalized spacial score (nSPS) is 11.1. The van der Waals surface area contributed by atoms with Gasteiger partial charge in [-0.3, -0.25) is 4.79 Å². The molecule has 3 aromatic carbocycles. The van der Waals surface area contributed by atoms with Gasteiger partial charge in [0.05, 0.1) is 5.52 Å². The van der Waals surface area contributed by atoms with Gasteiger partial charge in [-0.25, -0.2) is 0 Å². The van der Waals surface area contributed by atoms with E-state index in [0.717, 1.165) is 38.7 Å². The third-order valence-corrected chi connectivity index (χ3v) is 5.13. The maximum Gasteiger partial charge on any atom is 0.308 e. The number of hydrogen-bond acceptors (Lipinski definition) is 2. The van der Waals surface area contributed by atoms with Gasteiger partial charge in [-0.05, 0) is 41.0 Å². The topological polar surface area (TPSA) is 30.7 Å². The number of pyridine rings is 1. The molecule has 0 amide bonds. The lowest BCUT2D eigenvalue weighted by atomic mass is 9.91. The molecule has 0 radical (unpaired) electrons. The molecule has 0 N–H and O–H groups in total. The fourth-order valence-corrected chi connectivity index (χ4v) is 3.93. The molecule has 0 aliphatic rings. The highest BCUT2D eigenvalue weighted by atomic mass is 16.5. The van der Waals surface area contributed by atoms with Crippen LogP contribution in [0.1, 0.15) is 6.92 Å². The number of carbonyl (C=O) groups is 1. The molecule has 0 unspecified atom stereocenters. The van der Waals surface area contributed by atoms with Gasteiger partial charge < -0.3 is 9.14 Å². The smallest absolute Gasteiger partial charge is 0.308 e. The van der Waals surface area contributed by atoms with Gasteiger partial charge in [-0.15, -0.1) is 0 Å². The van der Waals surface area contributed by atoms with E-state index in [4.69, 9.17) is 4.74 Å². The largest absolute Gasteiger partial charge is 0.424 e. The van der Waals surface area contributed by atoms with Crippen LogP contribution >= 0.6 is 0 Å². The summed E-state index contributed by atoms with van der Waals surface area (Å²) in [5.74, 6) is 0.250. The maximum absolute atomic E-state index is 12.1. The molecular weight excluding hydrogens is 358 g/mol. The van der Waals surface area contributed by atoms with E-state index in [1.807, 2.05) is 54.7 Å². The molecule has 2 heterocycles. The molecule has 0 aliphatic heterocycles. The molecule has 2 aromatic heterocycles. The molecule has 0 fully saturated rings. The molecular formula is C26H19NO2. The van der Waals surface area contributed by atoms with E-state index in [0.29, 0.717) is 5.75 Å². The quantitative estimate of drug-likeness (QED) is 0.271. The molecule has 0 atom stereocenters. The van der Waals surface area contributed by atoms with Crippen LogP contribution in [0.4, 0.5) is 0 Å². The van der Waals surface area contributed by atoms with Crippen LogP contribution in [0.25, 0.3) is 38.7 Å². The number of aromatic nitrogens is 1. The van der Waals surface area contributed by atoms with Gasteiger partial charge in [0.1, 0.15) is 0 Å². The van der Waals surface area contributed by atoms with Gasteiger partial charge in [0.25, 0.3) is 0 Å². The van der Waals surface area contributed by atoms with Crippen molar-refractivity contribution in [3.63, 3.8) is 0 Å². The summed E-state index contributed by atoms with van der Waals surface area (Å²) in [6, 6.07) is 30.7. The Hall–Kier alpha value is -3.85. The standard InChI is InChI=1S/C26H19NO2/c1-18(28)29-26-24(20-11-6-3-7-12-20)23(19-9-4-2-5-10-19)17-21-14-15-22-13-8-16-27(22)25(21)26/h2-17H,1H3. The number of esters is 1. The summed E-state index contributed by atoms with van der Waals surface area (Å²) in [5, 5.41) is 1.02. The first-order chi connectivity index (χ1) is 14.2. The lowest BCUT2D eigenvalue weighted by Crippen LogP contribution is -2.06. The minimum Gasteiger partial charge on any atom is -0.424 e. The van der Waals surface area contributed by atoms with Crippen molar-refractivity contribution in [2.24, 2.45) is 0 Å². The van der Waals surface area contributed by atoms with Gasteiger partial charge in [0, 0.05) is 29.6 Å². The molecule has 0 saturated carbocycles. The third-order valence-electron chi connectivity index (χ3n) is 5.13. The summed E-state index contributed by atoms with van der Waals surface area (Å²) in [6.45, 7) is 1.45. The Bertz CT molecular complexity index is 1340. The van der Waals surface area contributed by atoms with Crippen molar-refractivity contribution < 1.29 is 9.53 Å². The second-order valence-electron chi connectivity index (χ2n) is 7.03. The Balaban J connectivity index is 1.98. The second kappa shape index (κ2) is 6.95. The third kappa shape index (κ3) is 2.97. The zero-order valence-electron chi connectivity index (χ0n) is 16.0. The summed E-state index contributed by atoms with van der Waals surface area (Å²) >= 11 is 0. The highest BCUT2D eigenvalue weighted by Gasteiger charge is 2.21. The average molecular weight is 377 g/mol. The van der Waals surface area contributed by atoms with Gasteiger partial charge in [-0.1, -0.05) is 66.7 Å². The first-order valence-corrected chi connectivity index (χ1v) is 9.58. The molecule has 5 rings (SSSR count). The molecule has 140 valence electrons. The predicted octanol–water partition coefficient (Wildman–Crippen LogP) is 6.35. The van der Waals surface area contributed by atoms with Crippen molar-refractivity contribution in [3.05, 3.63) is 97.2 Å². The summed E-state index contributed by atoms with van der Waals surface area (Å²) in [6.07, 6.45) is 2.00. The van der Waals surface area contributed by atoms with Crippen LogP contribution in [0.5, 0.6) is 5.75 Å². The van der Waals surface area contributed by atoms with Gasteiger partial charge in [0.2, 0.25) is 0 Å². The number of ether oxygens (including phenoxy) is 1. The van der Waals surface area contributed by atoms with E-state index < -0.39 is 0 Å². The van der Waals surface area contributed by atoms with Crippen LogP contribution in [0, 0.1) is 0 Å². The highest BCUT2D eigenvalue weighted by Crippen LogP contribution is 2.44. The van der Waals surface area contributed by atoms with Crippen molar-refractivity contribution in [3.8, 4) is 28.0 Å². The molecule has 0 bridgehead atoms. The highest BCUT2D eigenvalue weighted by molar-refractivity contribution is 6.03. The lowest BCUT2D eigenvalue weighted by molar-refractivity contribution is -0.131. The zero-order valence-corrected chi connectivity index (χ0v) is 16.0. The van der Waals surface area contributed by atoms with Gasteiger partial charge in [0.15, 0.2) is 5.75 Å². The average Bonchev–Trinajstić information content (AvgIpc) is 3.23. The molecule has 0 spiro atoms. The number of benzene rings is 3. The van der Waals surface area contributed by atoms with E-state index >= 15 is 0 Å². The maximum atomic E-state index is 12.1. The van der Waals surface area contributed by atoms with Gasteiger partial charge in [-0.2, -0.15) is 0 Å². The fourth-order valence-electron chi connectivity index (χ4n) is 3.93. The molecule has 3 nitrogen and oxygen atoms in total. The van der Waals surface area contributed by atoms with E-state index in [1.54, 1.807) is 0 Å². The molecule has 3 heteroatoms. The van der Waals surface area contributed by atoms with Crippen molar-refractivity contribution in [2.75, 3.05) is 0 Å². The predicted molar refractivity (Wildman–Crippen MR) is 117 cm³/mol. The number of nitrogens with zero attached hydrogens (tertiary/aromatic N) is 1. The van der Waals surface area contributed by atoms with Crippen LogP contribution < -0.4 is 4.74 Å². The van der Waals surface area contributed by atoms with Crippen molar-refractivity contribution >= 4 is 22.4 Å². The number of rotatable bonds is 3. The van der Waals surface area contributed by atoms with Gasteiger partial charge >= 0.3 is 5.97 Å². The minimum atomic E-state index is -0.335. The van der Waals surface area contributed by atoms with Crippen LogP contribution in [0.2, 0.25) is 0 Å². The van der Waals surface area contributed by atoms with E-state index in [-0.39, 0.29) is 5.97 Å². The molecule has 29 heavy (non-hydrogen) atoms. The van der Waals surface area contributed by atoms with Crippen LogP contribution in [-0.2, 0) is 4.79 Å². The Labute approximate surface area is 168 Å². The minimum absolute atomic E-state index is 0.335. The van der Waals surface area contributed by atoms with E-state index in [1.165, 1.54) is 6.92 Å². The van der Waals surface area contributed by atoms with Crippen molar-refractivity contribution in [1.82, 2.24) is 4.40 Å².